The van der Waals surface area contributed by atoms with Gasteiger partial charge in [-0.15, -0.1) is 0 Å². The van der Waals surface area contributed by atoms with E-state index in [1.807, 2.05) is 12.1 Å². The highest BCUT2D eigenvalue weighted by Gasteiger charge is 2.05. The lowest BCUT2D eigenvalue weighted by molar-refractivity contribution is 0.301. The highest BCUT2D eigenvalue weighted by molar-refractivity contribution is 9.10. The Labute approximate surface area is 107 Å². The Bertz CT molecular complexity index is 531. The number of hydrogen-bond acceptors (Lipinski definition) is 2. The number of halogens is 2. The van der Waals surface area contributed by atoms with Gasteiger partial charge in [0.25, 0.3) is 0 Å². The van der Waals surface area contributed by atoms with Gasteiger partial charge in [0.15, 0.2) is 0 Å². The third-order valence-corrected chi connectivity index (χ3v) is 2.81. The van der Waals surface area contributed by atoms with E-state index >= 15 is 0 Å². The molecule has 0 spiro atoms. The molecule has 0 aliphatic carbocycles. The van der Waals surface area contributed by atoms with Gasteiger partial charge < -0.3 is 10.5 Å². The maximum Gasteiger partial charge on any atom is 0.142 e. The van der Waals surface area contributed by atoms with Crippen LogP contribution in [-0.4, -0.2) is 0 Å². The number of ether oxygens (including phenoxy) is 1. The van der Waals surface area contributed by atoms with E-state index in [2.05, 4.69) is 15.9 Å². The molecule has 2 rings (SSSR count). The molecule has 2 N–H and O–H groups in total. The summed E-state index contributed by atoms with van der Waals surface area (Å²) in [6.07, 6.45) is 0. The van der Waals surface area contributed by atoms with Crippen molar-refractivity contribution in [2.45, 2.75) is 6.61 Å². The zero-order chi connectivity index (χ0) is 12.3. The minimum atomic E-state index is -0.297. The Morgan fingerprint density at radius 1 is 1.18 bits per heavy atom. The topological polar surface area (TPSA) is 35.2 Å². The molecule has 0 atom stereocenters. The van der Waals surface area contributed by atoms with Gasteiger partial charge in [-0.25, -0.2) is 4.39 Å². The zero-order valence-electron chi connectivity index (χ0n) is 8.99. The first-order valence-electron chi connectivity index (χ1n) is 5.08. The first-order valence-corrected chi connectivity index (χ1v) is 5.87. The third-order valence-electron chi connectivity index (χ3n) is 2.32. The van der Waals surface area contributed by atoms with Crippen LogP contribution in [0.3, 0.4) is 0 Å². The molecule has 2 nitrogen and oxygen atoms in total. The van der Waals surface area contributed by atoms with Crippen LogP contribution < -0.4 is 10.5 Å². The summed E-state index contributed by atoms with van der Waals surface area (Å²) in [7, 11) is 0. The van der Waals surface area contributed by atoms with E-state index in [4.69, 9.17) is 10.5 Å². The van der Waals surface area contributed by atoms with E-state index in [0.29, 0.717) is 21.5 Å². The van der Waals surface area contributed by atoms with Crippen molar-refractivity contribution in [2.75, 3.05) is 5.73 Å². The average Bonchev–Trinajstić information content (AvgIpc) is 2.30. The first-order chi connectivity index (χ1) is 8.16. The number of nitrogen functional groups attached to an aromatic ring is 1. The molecule has 0 fully saturated rings. The molecule has 2 aromatic carbocycles. The third kappa shape index (κ3) is 2.97. The molecule has 2 aromatic rings. The number of hydrogen-bond donors (Lipinski definition) is 1. The maximum absolute atomic E-state index is 13.5. The van der Waals surface area contributed by atoms with Crippen molar-refractivity contribution >= 4 is 21.6 Å². The first kappa shape index (κ1) is 11.9. The van der Waals surface area contributed by atoms with Crippen molar-refractivity contribution in [1.82, 2.24) is 0 Å². The molecule has 0 aromatic heterocycles. The minimum absolute atomic E-state index is 0.160. The number of benzene rings is 2. The highest BCUT2D eigenvalue weighted by atomic mass is 79.9. The predicted molar refractivity (Wildman–Crippen MR) is 69.3 cm³/mol. The average molecular weight is 296 g/mol. The smallest absolute Gasteiger partial charge is 0.142 e. The van der Waals surface area contributed by atoms with Crippen molar-refractivity contribution in [2.24, 2.45) is 0 Å². The molecule has 17 heavy (non-hydrogen) atoms. The fourth-order valence-corrected chi connectivity index (χ4v) is 1.74. The SMILES string of the molecule is Nc1ccccc1OCc1ccc(Br)cc1F. The largest absolute Gasteiger partial charge is 0.487 e. The van der Waals surface area contributed by atoms with Gasteiger partial charge in [-0.05, 0) is 24.3 Å². The van der Waals surface area contributed by atoms with Gasteiger partial charge in [0.2, 0.25) is 0 Å². The molecule has 4 heteroatoms. The maximum atomic E-state index is 13.5. The fraction of sp³-hybridized carbons (Fsp3) is 0.0769. The van der Waals surface area contributed by atoms with Crippen LogP contribution in [0.1, 0.15) is 5.56 Å². The molecule has 0 amide bonds. The summed E-state index contributed by atoms with van der Waals surface area (Å²) in [5, 5.41) is 0. The normalized spacial score (nSPS) is 10.2. The molecule has 0 aliphatic rings. The van der Waals surface area contributed by atoms with Crippen molar-refractivity contribution in [3.63, 3.8) is 0 Å². The van der Waals surface area contributed by atoms with Crippen molar-refractivity contribution in [3.8, 4) is 5.75 Å². The second-order valence-electron chi connectivity index (χ2n) is 3.56. The summed E-state index contributed by atoms with van der Waals surface area (Å²) in [5.41, 5.74) is 6.76. The van der Waals surface area contributed by atoms with Gasteiger partial charge in [0, 0.05) is 10.0 Å². The van der Waals surface area contributed by atoms with Gasteiger partial charge in [-0.3, -0.25) is 0 Å². The highest BCUT2D eigenvalue weighted by Crippen LogP contribution is 2.22. The van der Waals surface area contributed by atoms with Crippen LogP contribution in [0.5, 0.6) is 5.75 Å². The van der Waals surface area contributed by atoms with Crippen LogP contribution in [0.2, 0.25) is 0 Å². The molecular weight excluding hydrogens is 285 g/mol. The number of anilines is 1. The van der Waals surface area contributed by atoms with Crippen molar-refractivity contribution in [3.05, 3.63) is 58.3 Å². The van der Waals surface area contributed by atoms with Crippen LogP contribution in [0.4, 0.5) is 10.1 Å². The Balaban J connectivity index is 2.10. The standard InChI is InChI=1S/C13H11BrFNO/c14-10-6-5-9(11(15)7-10)8-17-13-4-2-1-3-12(13)16/h1-7H,8,16H2. The van der Waals surface area contributed by atoms with E-state index in [-0.39, 0.29) is 12.4 Å². The van der Waals surface area contributed by atoms with Gasteiger partial charge in [-0.1, -0.05) is 34.1 Å². The summed E-state index contributed by atoms with van der Waals surface area (Å²) in [5.74, 6) is 0.267. The summed E-state index contributed by atoms with van der Waals surface area (Å²) < 4.78 is 19.7. The van der Waals surface area contributed by atoms with E-state index in [0.717, 1.165) is 0 Å². The van der Waals surface area contributed by atoms with E-state index in [1.165, 1.54) is 6.07 Å². The minimum Gasteiger partial charge on any atom is -0.487 e. The van der Waals surface area contributed by atoms with Crippen LogP contribution in [0.25, 0.3) is 0 Å². The molecular formula is C13H11BrFNO. The molecule has 0 radical (unpaired) electrons. The summed E-state index contributed by atoms with van der Waals surface area (Å²) in [6, 6.07) is 12.0. The number of rotatable bonds is 3. The van der Waals surface area contributed by atoms with Crippen molar-refractivity contribution < 1.29 is 9.13 Å². The zero-order valence-corrected chi connectivity index (χ0v) is 10.6. The van der Waals surface area contributed by atoms with E-state index < -0.39 is 0 Å². The van der Waals surface area contributed by atoms with Crippen LogP contribution in [0, 0.1) is 5.82 Å². The summed E-state index contributed by atoms with van der Waals surface area (Å²) >= 11 is 3.20. The van der Waals surface area contributed by atoms with Crippen molar-refractivity contribution in [1.29, 1.82) is 0 Å². The lowest BCUT2D eigenvalue weighted by atomic mass is 10.2. The predicted octanol–water partition coefficient (Wildman–Crippen LogP) is 3.75. The van der Waals surface area contributed by atoms with Gasteiger partial charge in [-0.2, -0.15) is 0 Å². The molecule has 0 aliphatic heterocycles. The second kappa shape index (κ2) is 5.19. The molecule has 0 bridgehead atoms. The lowest BCUT2D eigenvalue weighted by Gasteiger charge is -2.09. The van der Waals surface area contributed by atoms with Crippen LogP contribution in [0.15, 0.2) is 46.9 Å². The Morgan fingerprint density at radius 3 is 2.65 bits per heavy atom. The lowest BCUT2D eigenvalue weighted by Crippen LogP contribution is -2.00. The summed E-state index contributed by atoms with van der Waals surface area (Å²) in [4.78, 5) is 0. The number of nitrogens with two attached hydrogens (primary N) is 1. The molecule has 0 heterocycles. The fourth-order valence-electron chi connectivity index (χ4n) is 1.41. The quantitative estimate of drug-likeness (QED) is 0.875. The Morgan fingerprint density at radius 2 is 1.94 bits per heavy atom. The number of para-hydroxylation sites is 2. The molecule has 0 saturated carbocycles. The van der Waals surface area contributed by atoms with E-state index in [9.17, 15) is 4.39 Å². The second-order valence-corrected chi connectivity index (χ2v) is 4.48. The Hall–Kier alpha value is -1.55. The molecule has 0 unspecified atom stereocenters. The molecule has 0 saturated heterocycles. The van der Waals surface area contributed by atoms with E-state index in [1.54, 1.807) is 24.3 Å². The van der Waals surface area contributed by atoms with Gasteiger partial charge >= 0.3 is 0 Å². The van der Waals surface area contributed by atoms with Gasteiger partial charge in [0.1, 0.15) is 18.2 Å². The van der Waals surface area contributed by atoms with Crippen LogP contribution >= 0.6 is 15.9 Å². The van der Waals surface area contributed by atoms with Gasteiger partial charge in [0.05, 0.1) is 5.69 Å². The Kier molecular flexibility index (Phi) is 3.64. The van der Waals surface area contributed by atoms with Crippen LogP contribution in [-0.2, 0) is 6.61 Å². The molecule has 88 valence electrons. The summed E-state index contributed by atoms with van der Waals surface area (Å²) in [6.45, 7) is 0.160. The monoisotopic (exact) mass is 295 g/mol.